The summed E-state index contributed by atoms with van der Waals surface area (Å²) in [5.41, 5.74) is 5.71. The molecule has 0 unspecified atom stereocenters. The Bertz CT molecular complexity index is 645. The van der Waals surface area contributed by atoms with Crippen LogP contribution in [0.3, 0.4) is 0 Å². The Balaban J connectivity index is 2.17. The summed E-state index contributed by atoms with van der Waals surface area (Å²) >= 11 is 0. The zero-order valence-corrected chi connectivity index (χ0v) is 10.4. The number of aromatic amines is 1. The Hall–Kier alpha value is -2.64. The van der Waals surface area contributed by atoms with Crippen LogP contribution in [-0.4, -0.2) is 25.7 Å². The molecule has 8 nitrogen and oxygen atoms in total. The Morgan fingerprint density at radius 2 is 2.32 bits per heavy atom. The first kappa shape index (κ1) is 12.8. The van der Waals surface area contributed by atoms with Gasteiger partial charge in [0.2, 0.25) is 11.8 Å². The molecule has 0 fully saturated rings. The molecular weight excluding hydrogens is 248 g/mol. The average molecular weight is 262 g/mol. The highest BCUT2D eigenvalue weighted by Gasteiger charge is 2.11. The molecule has 1 amide bonds. The fraction of sp³-hybridized carbons (Fsp3) is 0.273. The van der Waals surface area contributed by atoms with E-state index in [0.29, 0.717) is 12.2 Å². The van der Waals surface area contributed by atoms with Crippen molar-refractivity contribution in [2.75, 3.05) is 11.1 Å². The lowest BCUT2D eigenvalue weighted by Crippen LogP contribution is -2.21. The van der Waals surface area contributed by atoms with Gasteiger partial charge >= 0.3 is 0 Å². The van der Waals surface area contributed by atoms with E-state index in [0.717, 1.165) is 6.42 Å². The molecule has 2 aromatic rings. The van der Waals surface area contributed by atoms with Crippen LogP contribution in [-0.2, 0) is 6.54 Å². The summed E-state index contributed by atoms with van der Waals surface area (Å²) < 4.78 is 1.53. The third-order valence-corrected chi connectivity index (χ3v) is 2.42. The van der Waals surface area contributed by atoms with Crippen molar-refractivity contribution in [1.29, 1.82) is 0 Å². The second-order valence-electron chi connectivity index (χ2n) is 3.95. The van der Waals surface area contributed by atoms with E-state index in [4.69, 9.17) is 5.73 Å². The van der Waals surface area contributed by atoms with Crippen LogP contribution in [0.4, 0.5) is 11.6 Å². The van der Waals surface area contributed by atoms with Crippen LogP contribution < -0.4 is 16.6 Å². The molecule has 0 bridgehead atoms. The number of nitrogens with zero attached hydrogens (tertiary/aromatic N) is 3. The Morgan fingerprint density at radius 3 is 2.95 bits per heavy atom. The van der Waals surface area contributed by atoms with E-state index in [-0.39, 0.29) is 17.3 Å². The largest absolute Gasteiger partial charge is 0.366 e. The van der Waals surface area contributed by atoms with Crippen molar-refractivity contribution in [3.8, 4) is 0 Å². The van der Waals surface area contributed by atoms with Crippen molar-refractivity contribution >= 4 is 17.5 Å². The first-order valence-corrected chi connectivity index (χ1v) is 5.80. The number of amides is 1. The van der Waals surface area contributed by atoms with E-state index in [1.54, 1.807) is 6.20 Å². The molecule has 0 saturated heterocycles. The number of hydrogen-bond acceptors (Lipinski definition) is 5. The minimum absolute atomic E-state index is 0.00102. The van der Waals surface area contributed by atoms with Crippen molar-refractivity contribution in [2.45, 2.75) is 19.9 Å². The molecule has 2 rings (SSSR count). The summed E-state index contributed by atoms with van der Waals surface area (Å²) in [5.74, 6) is -0.447. The number of rotatable bonds is 4. The number of aryl methyl sites for hydroxylation is 1. The molecule has 100 valence electrons. The first-order chi connectivity index (χ1) is 9.10. The third-order valence-electron chi connectivity index (χ3n) is 2.42. The van der Waals surface area contributed by atoms with E-state index in [2.05, 4.69) is 20.5 Å². The van der Waals surface area contributed by atoms with E-state index in [9.17, 15) is 9.59 Å². The molecule has 4 N–H and O–H groups in total. The van der Waals surface area contributed by atoms with Crippen molar-refractivity contribution in [3.63, 3.8) is 0 Å². The number of carbonyl (C=O) groups excluding carboxylic acids is 1. The molecule has 0 aliphatic heterocycles. The number of nitrogen functional groups attached to an aromatic ring is 1. The molecule has 0 spiro atoms. The van der Waals surface area contributed by atoms with Crippen LogP contribution in [0, 0.1) is 0 Å². The van der Waals surface area contributed by atoms with Gasteiger partial charge in [0.1, 0.15) is 0 Å². The smallest absolute Gasteiger partial charge is 0.293 e. The van der Waals surface area contributed by atoms with Gasteiger partial charge in [-0.2, -0.15) is 4.98 Å². The second kappa shape index (κ2) is 5.34. The molecule has 0 aromatic carbocycles. The van der Waals surface area contributed by atoms with Gasteiger partial charge in [0, 0.05) is 18.8 Å². The lowest BCUT2D eigenvalue weighted by atomic mass is 10.3. The lowest BCUT2D eigenvalue weighted by Gasteiger charge is -2.07. The molecule has 8 heteroatoms. The van der Waals surface area contributed by atoms with Crippen molar-refractivity contribution in [3.05, 3.63) is 34.5 Å². The molecular formula is C11H14N6O2. The maximum atomic E-state index is 11.8. The monoisotopic (exact) mass is 262 g/mol. The van der Waals surface area contributed by atoms with Gasteiger partial charge in [0.15, 0.2) is 0 Å². The summed E-state index contributed by atoms with van der Waals surface area (Å²) in [5, 5.41) is 8.59. The van der Waals surface area contributed by atoms with Crippen LogP contribution >= 0.6 is 0 Å². The van der Waals surface area contributed by atoms with Crippen LogP contribution in [0.25, 0.3) is 0 Å². The van der Waals surface area contributed by atoms with Gasteiger partial charge in [-0.15, -0.1) is 5.10 Å². The minimum Gasteiger partial charge on any atom is -0.366 e. The molecule has 0 atom stereocenters. The summed E-state index contributed by atoms with van der Waals surface area (Å²) in [7, 11) is 0. The molecule has 0 radical (unpaired) electrons. The maximum absolute atomic E-state index is 11.8. The number of pyridine rings is 1. The van der Waals surface area contributed by atoms with Gasteiger partial charge in [-0.3, -0.25) is 14.7 Å². The predicted octanol–water partition coefficient (Wildman–Crippen LogP) is 0.211. The van der Waals surface area contributed by atoms with Gasteiger partial charge in [0.25, 0.3) is 11.5 Å². The van der Waals surface area contributed by atoms with Gasteiger partial charge in [-0.25, -0.2) is 0 Å². The maximum Gasteiger partial charge on any atom is 0.293 e. The topological polar surface area (TPSA) is 119 Å². The van der Waals surface area contributed by atoms with Gasteiger partial charge in [0.05, 0.1) is 5.69 Å². The first-order valence-electron chi connectivity index (χ1n) is 5.80. The Morgan fingerprint density at radius 1 is 1.53 bits per heavy atom. The number of carbonyl (C=O) groups is 1. The van der Waals surface area contributed by atoms with Crippen molar-refractivity contribution in [1.82, 2.24) is 19.7 Å². The number of nitrogens with one attached hydrogen (secondary N) is 2. The average Bonchev–Trinajstić information content (AvgIpc) is 2.80. The number of nitrogens with two attached hydrogens (primary N) is 1. The summed E-state index contributed by atoms with van der Waals surface area (Å²) in [6, 6.07) is 2.94. The third kappa shape index (κ3) is 2.97. The normalized spacial score (nSPS) is 10.4. The van der Waals surface area contributed by atoms with E-state index in [1.165, 1.54) is 16.7 Å². The molecule has 0 saturated carbocycles. The molecule has 19 heavy (non-hydrogen) atoms. The number of hydrogen-bond donors (Lipinski definition) is 3. The van der Waals surface area contributed by atoms with E-state index >= 15 is 0 Å². The molecule has 2 aromatic heterocycles. The second-order valence-corrected chi connectivity index (χ2v) is 3.95. The number of anilines is 2. The van der Waals surface area contributed by atoms with Gasteiger partial charge in [-0.1, -0.05) is 6.92 Å². The fourth-order valence-electron chi connectivity index (χ4n) is 1.59. The quantitative estimate of drug-likeness (QED) is 0.727. The highest BCUT2D eigenvalue weighted by Crippen LogP contribution is 2.06. The number of H-pyrrole nitrogens is 1. The SMILES string of the molecule is CCCn1cc(NC(=O)c2nc(N)n[nH]2)ccc1=O. The minimum atomic E-state index is -0.467. The number of aromatic nitrogens is 4. The van der Waals surface area contributed by atoms with Gasteiger partial charge in [-0.05, 0) is 12.5 Å². The lowest BCUT2D eigenvalue weighted by molar-refractivity contribution is 0.101. The van der Waals surface area contributed by atoms with E-state index in [1.807, 2.05) is 6.92 Å². The van der Waals surface area contributed by atoms with Crippen LogP contribution in [0.2, 0.25) is 0 Å². The summed E-state index contributed by atoms with van der Waals surface area (Å²) in [4.78, 5) is 27.0. The molecule has 0 aliphatic carbocycles. The molecule has 0 aliphatic rings. The summed E-state index contributed by atoms with van der Waals surface area (Å²) in [6.07, 6.45) is 2.42. The summed E-state index contributed by atoms with van der Waals surface area (Å²) in [6.45, 7) is 2.56. The van der Waals surface area contributed by atoms with Crippen LogP contribution in [0.1, 0.15) is 24.0 Å². The molecule has 2 heterocycles. The Kier molecular flexibility index (Phi) is 3.60. The fourth-order valence-corrected chi connectivity index (χ4v) is 1.59. The zero-order valence-electron chi connectivity index (χ0n) is 10.4. The van der Waals surface area contributed by atoms with Crippen LogP contribution in [0.5, 0.6) is 0 Å². The predicted molar refractivity (Wildman–Crippen MR) is 69.7 cm³/mol. The van der Waals surface area contributed by atoms with Gasteiger partial charge < -0.3 is 15.6 Å². The van der Waals surface area contributed by atoms with Crippen LogP contribution in [0.15, 0.2) is 23.1 Å². The standard InChI is InChI=1S/C11H14N6O2/c1-2-5-17-6-7(3-4-8(17)18)13-10(19)9-14-11(12)16-15-9/h3-4,6H,2,5H2,1H3,(H,13,19)(H3,12,14,15,16). The Labute approximate surface area is 108 Å². The zero-order chi connectivity index (χ0) is 13.8. The highest BCUT2D eigenvalue weighted by molar-refractivity contribution is 6.01. The van der Waals surface area contributed by atoms with Crippen molar-refractivity contribution < 1.29 is 4.79 Å². The highest BCUT2D eigenvalue weighted by atomic mass is 16.2. The van der Waals surface area contributed by atoms with Crippen molar-refractivity contribution in [2.24, 2.45) is 0 Å². The van der Waals surface area contributed by atoms with E-state index < -0.39 is 5.91 Å².